The van der Waals surface area contributed by atoms with E-state index in [4.69, 9.17) is 9.60 Å². The minimum absolute atomic E-state index is 0.174. The highest BCUT2D eigenvalue weighted by atomic mass is 32.2. The van der Waals surface area contributed by atoms with E-state index in [0.29, 0.717) is 11.3 Å². The van der Waals surface area contributed by atoms with Gasteiger partial charge in [-0.25, -0.2) is 13.4 Å². The molecule has 1 aliphatic rings. The maximum Gasteiger partial charge on any atom is 0.278 e. The Morgan fingerprint density at radius 1 is 1.48 bits per heavy atom. The topological polar surface area (TPSA) is 99.6 Å². The Morgan fingerprint density at radius 2 is 2.26 bits per heavy atom. The lowest BCUT2D eigenvalue weighted by atomic mass is 10.1. The average molecular weight is 358 g/mol. The molecule has 1 aromatic heterocycles. The Morgan fingerprint density at radius 3 is 2.96 bits per heavy atom. The molecule has 0 aliphatic carbocycles. The lowest BCUT2D eigenvalue weighted by Gasteiger charge is -2.28. The van der Waals surface area contributed by atoms with Crippen molar-refractivity contribution < 1.29 is 27.9 Å². The molecule has 23 heavy (non-hydrogen) atoms. The zero-order valence-electron chi connectivity index (χ0n) is 18.2. The van der Waals surface area contributed by atoms with Crippen molar-refractivity contribution in [3.05, 3.63) is 46.6 Å². The van der Waals surface area contributed by atoms with Crippen LogP contribution in [0.1, 0.15) is 20.0 Å². The number of nitrogens with zero attached hydrogens (tertiary/aromatic N) is 2. The van der Waals surface area contributed by atoms with Gasteiger partial charge in [0.15, 0.2) is 16.6 Å². The second-order valence-electron chi connectivity index (χ2n) is 4.38. The molecule has 0 unspecified atom stereocenters. The summed E-state index contributed by atoms with van der Waals surface area (Å²) in [6, 6.07) is 5.00. The summed E-state index contributed by atoms with van der Waals surface area (Å²) in [5.74, 6) is -2.25. The molecule has 120 valence electrons. The van der Waals surface area contributed by atoms with Crippen LogP contribution in [0.15, 0.2) is 41.0 Å². The Labute approximate surface area is 146 Å². The van der Waals surface area contributed by atoms with E-state index in [1.165, 1.54) is 18.2 Å². The van der Waals surface area contributed by atoms with Gasteiger partial charge in [0, 0.05) is 31.8 Å². The van der Waals surface area contributed by atoms with Crippen molar-refractivity contribution in [1.82, 2.24) is 9.29 Å². The number of rotatable bonds is 2. The number of amides is 1. The molecule has 0 spiro atoms. The number of aromatic nitrogens is 1. The van der Waals surface area contributed by atoms with Crippen molar-refractivity contribution in [1.29, 1.82) is 0 Å². The van der Waals surface area contributed by atoms with E-state index in [2.05, 4.69) is 10.3 Å². The van der Waals surface area contributed by atoms with Crippen LogP contribution in [0.2, 0.25) is 0 Å². The van der Waals surface area contributed by atoms with Crippen LogP contribution in [0, 0.1) is 6.85 Å². The number of aryl methyl sites for hydroxylation is 1. The predicted molar refractivity (Wildman–Crippen MR) is 86.4 cm³/mol. The molecular weight excluding hydrogens is 338 g/mol. The molecule has 0 saturated heterocycles. The fourth-order valence-electron chi connectivity index (χ4n) is 1.98. The fraction of sp³-hybridized carbons (Fsp3) is 0.143. The standard InChI is InChI=1S/C14H13N3O4S2/c1-8-7-15-14(22-8)16-13(19)11-12(18)9-5-3-4-6-10(9)23(20,21)17(11)2/h3-7,18H,1-2H3,(H,15,16,19)/i1D3,2D3,7D. The molecule has 1 amide bonds. The van der Waals surface area contributed by atoms with Gasteiger partial charge in [-0.2, -0.15) is 0 Å². The number of thiazole rings is 1. The van der Waals surface area contributed by atoms with E-state index in [1.807, 2.05) is 0 Å². The number of aliphatic hydroxyl groups excluding tert-OH is 1. The molecule has 9 heteroatoms. The Hall–Kier alpha value is -2.39. The molecule has 0 radical (unpaired) electrons. The van der Waals surface area contributed by atoms with Gasteiger partial charge in [0.05, 0.1) is 6.27 Å². The van der Waals surface area contributed by atoms with Crippen LogP contribution in [0.4, 0.5) is 5.13 Å². The van der Waals surface area contributed by atoms with E-state index in [0.717, 1.165) is 6.07 Å². The number of hydrogen-bond donors (Lipinski definition) is 2. The molecule has 3 rings (SSSR count). The molecule has 1 aromatic carbocycles. The molecule has 0 saturated carbocycles. The summed E-state index contributed by atoms with van der Waals surface area (Å²) in [4.78, 5) is 15.4. The van der Waals surface area contributed by atoms with Crippen LogP contribution in [0.25, 0.3) is 5.76 Å². The molecule has 2 N–H and O–H groups in total. The predicted octanol–water partition coefficient (Wildman–Crippen LogP) is 1.95. The van der Waals surface area contributed by atoms with Gasteiger partial charge in [-0.15, -0.1) is 11.3 Å². The number of carbonyl (C=O) groups is 1. The quantitative estimate of drug-likeness (QED) is 0.855. The smallest absolute Gasteiger partial charge is 0.278 e. The highest BCUT2D eigenvalue weighted by Crippen LogP contribution is 2.34. The summed E-state index contributed by atoms with van der Waals surface area (Å²) in [5, 5.41) is 12.2. The number of nitrogens with one attached hydrogen (secondary N) is 1. The van der Waals surface area contributed by atoms with E-state index < -0.39 is 57.2 Å². The minimum Gasteiger partial charge on any atom is -0.505 e. The third kappa shape index (κ3) is 2.47. The normalized spacial score (nSPS) is 21.7. The summed E-state index contributed by atoms with van der Waals surface area (Å²) in [6.07, 6.45) is -0.622. The molecular formula is C14H13N3O4S2. The number of likely N-dealkylation sites (N-methyl/N-ethyl adjacent to an activating group) is 1. The van der Waals surface area contributed by atoms with Crippen molar-refractivity contribution in [3.63, 3.8) is 0 Å². The van der Waals surface area contributed by atoms with Gasteiger partial charge in [0.1, 0.15) is 0 Å². The number of anilines is 1. The molecule has 1 aliphatic heterocycles. The fourth-order valence-corrected chi connectivity index (χ4v) is 3.80. The monoisotopic (exact) mass is 358 g/mol. The molecule has 0 fully saturated rings. The Bertz CT molecular complexity index is 1170. The van der Waals surface area contributed by atoms with Crippen LogP contribution in [0.3, 0.4) is 0 Å². The van der Waals surface area contributed by atoms with Crippen molar-refractivity contribution in [2.45, 2.75) is 11.7 Å². The maximum absolute atomic E-state index is 12.9. The van der Waals surface area contributed by atoms with E-state index in [1.54, 1.807) is 0 Å². The number of benzene rings is 1. The number of carbonyl (C=O) groups excluding carboxylic acids is 1. The van der Waals surface area contributed by atoms with E-state index >= 15 is 0 Å². The first kappa shape index (κ1) is 9.04. The van der Waals surface area contributed by atoms with Crippen LogP contribution >= 0.6 is 11.3 Å². The average Bonchev–Trinajstić information content (AvgIpc) is 2.97. The number of aliphatic hydroxyl groups is 1. The highest BCUT2D eigenvalue weighted by Gasteiger charge is 2.37. The van der Waals surface area contributed by atoms with Gasteiger partial charge in [0.25, 0.3) is 15.9 Å². The highest BCUT2D eigenvalue weighted by molar-refractivity contribution is 7.89. The van der Waals surface area contributed by atoms with Crippen molar-refractivity contribution in [2.75, 3.05) is 12.3 Å². The van der Waals surface area contributed by atoms with E-state index in [9.17, 15) is 18.3 Å². The number of hydrogen-bond acceptors (Lipinski definition) is 6. The Kier molecular flexibility index (Phi) is 2.11. The second kappa shape index (κ2) is 5.36. The maximum atomic E-state index is 12.9. The van der Waals surface area contributed by atoms with Crippen molar-refractivity contribution in [3.8, 4) is 0 Å². The molecule has 7 nitrogen and oxygen atoms in total. The summed E-state index contributed by atoms with van der Waals surface area (Å²) >= 11 is 0.448. The van der Waals surface area contributed by atoms with Gasteiger partial charge in [-0.1, -0.05) is 12.1 Å². The molecule has 0 atom stereocenters. The van der Waals surface area contributed by atoms with Crippen LogP contribution in [0.5, 0.6) is 0 Å². The van der Waals surface area contributed by atoms with E-state index in [-0.39, 0.29) is 15.0 Å². The number of fused-ring (bicyclic) bond motifs is 1. The SMILES string of the molecule is [2H]c1nc(NC(=O)C2=C(O)c3ccccc3S(=O)(=O)N2C([2H])([2H])[2H])sc1C([2H])([2H])[2H]. The zero-order chi connectivity index (χ0) is 22.6. The summed E-state index contributed by atoms with van der Waals surface area (Å²) in [7, 11) is -4.74. The second-order valence-corrected chi connectivity index (χ2v) is 7.13. The summed E-state index contributed by atoms with van der Waals surface area (Å²) in [6.45, 7) is -6.03. The molecule has 2 heterocycles. The number of sulfonamides is 1. The first-order valence-electron chi connectivity index (χ1n) is 9.53. The van der Waals surface area contributed by atoms with Crippen LogP contribution in [-0.4, -0.2) is 35.7 Å². The van der Waals surface area contributed by atoms with Gasteiger partial charge in [-0.05, 0) is 19.0 Å². The molecule has 2 aromatic rings. The Balaban J connectivity index is 2.14. The zero-order valence-corrected chi connectivity index (χ0v) is 12.8. The third-order valence-electron chi connectivity index (χ3n) is 2.98. The van der Waals surface area contributed by atoms with Crippen molar-refractivity contribution >= 4 is 38.2 Å². The third-order valence-corrected chi connectivity index (χ3v) is 5.24. The van der Waals surface area contributed by atoms with Gasteiger partial charge < -0.3 is 5.11 Å². The lowest BCUT2D eigenvalue weighted by Crippen LogP contribution is -2.37. The van der Waals surface area contributed by atoms with Crippen LogP contribution < -0.4 is 5.32 Å². The largest absolute Gasteiger partial charge is 0.505 e. The first-order chi connectivity index (χ1) is 13.7. The van der Waals surface area contributed by atoms with Gasteiger partial charge >= 0.3 is 0 Å². The van der Waals surface area contributed by atoms with Crippen molar-refractivity contribution in [2.24, 2.45) is 0 Å². The van der Waals surface area contributed by atoms with Gasteiger partial charge in [0.2, 0.25) is 0 Å². The van der Waals surface area contributed by atoms with Crippen LogP contribution in [-0.2, 0) is 14.8 Å². The molecule has 0 bridgehead atoms. The first-order valence-corrected chi connectivity index (χ1v) is 8.28. The van der Waals surface area contributed by atoms with Gasteiger partial charge in [-0.3, -0.25) is 14.4 Å². The summed E-state index contributed by atoms with van der Waals surface area (Å²) < 4.78 is 77.9. The minimum atomic E-state index is -4.74. The lowest BCUT2D eigenvalue weighted by molar-refractivity contribution is -0.113. The summed E-state index contributed by atoms with van der Waals surface area (Å²) in [5.41, 5.74) is -1.35.